The van der Waals surface area contributed by atoms with Crippen molar-refractivity contribution in [2.24, 2.45) is 5.92 Å². The highest BCUT2D eigenvalue weighted by Crippen LogP contribution is 2.28. The van der Waals surface area contributed by atoms with Gasteiger partial charge in [0.25, 0.3) is 0 Å². The van der Waals surface area contributed by atoms with Gasteiger partial charge in [-0.25, -0.2) is 18.1 Å². The maximum Gasteiger partial charge on any atom is 0.214 e. The van der Waals surface area contributed by atoms with Crippen molar-refractivity contribution < 1.29 is 8.42 Å². The topological polar surface area (TPSA) is 68.1 Å². The molecule has 0 amide bonds. The van der Waals surface area contributed by atoms with Crippen LogP contribution < -0.4 is 0 Å². The van der Waals surface area contributed by atoms with Gasteiger partial charge in [-0.2, -0.15) is 9.40 Å². The van der Waals surface area contributed by atoms with Crippen molar-refractivity contribution >= 4 is 10.0 Å². The Morgan fingerprint density at radius 1 is 1.20 bits per heavy atom. The van der Waals surface area contributed by atoms with Crippen LogP contribution in [0.2, 0.25) is 0 Å². The molecule has 3 rings (SSSR count). The second-order valence-corrected chi connectivity index (χ2v) is 8.98. The lowest BCUT2D eigenvalue weighted by Gasteiger charge is -2.28. The Morgan fingerprint density at radius 3 is 2.48 bits per heavy atom. The number of hydrogen-bond donors (Lipinski definition) is 0. The molecule has 0 N–H and O–H groups in total. The molecule has 25 heavy (non-hydrogen) atoms. The van der Waals surface area contributed by atoms with Gasteiger partial charge in [-0.3, -0.25) is 0 Å². The minimum Gasteiger partial charge on any atom is -0.223 e. The molecular weight excluding hydrogens is 336 g/mol. The van der Waals surface area contributed by atoms with Crippen LogP contribution >= 0.6 is 0 Å². The summed E-state index contributed by atoms with van der Waals surface area (Å²) >= 11 is 0. The first-order valence-corrected chi connectivity index (χ1v) is 10.5. The van der Waals surface area contributed by atoms with Gasteiger partial charge in [-0.05, 0) is 43.4 Å². The third kappa shape index (κ3) is 4.27. The monoisotopic (exact) mass is 362 g/mol. The summed E-state index contributed by atoms with van der Waals surface area (Å²) in [4.78, 5) is 3.94. The molecule has 0 bridgehead atoms. The molecule has 0 saturated heterocycles. The van der Waals surface area contributed by atoms with E-state index < -0.39 is 10.0 Å². The van der Waals surface area contributed by atoms with Crippen LogP contribution in [0, 0.1) is 5.92 Å². The summed E-state index contributed by atoms with van der Waals surface area (Å²) < 4.78 is 28.7. The van der Waals surface area contributed by atoms with Crippen molar-refractivity contribution in [2.45, 2.75) is 45.1 Å². The fourth-order valence-electron chi connectivity index (χ4n) is 3.47. The van der Waals surface area contributed by atoms with Gasteiger partial charge in [0.2, 0.25) is 10.0 Å². The highest BCUT2D eigenvalue weighted by atomic mass is 32.2. The van der Waals surface area contributed by atoms with Crippen LogP contribution in [0.1, 0.15) is 50.6 Å². The van der Waals surface area contributed by atoms with E-state index in [0.717, 1.165) is 36.9 Å². The summed E-state index contributed by atoms with van der Waals surface area (Å²) in [6, 6.07) is 7.57. The summed E-state index contributed by atoms with van der Waals surface area (Å²) in [7, 11) is -1.57. The van der Waals surface area contributed by atoms with Gasteiger partial charge in [0, 0.05) is 13.1 Å². The molecule has 1 fully saturated rings. The fourth-order valence-corrected chi connectivity index (χ4v) is 5.23. The van der Waals surface area contributed by atoms with Crippen LogP contribution in [-0.2, 0) is 10.0 Å². The van der Waals surface area contributed by atoms with E-state index in [0.29, 0.717) is 5.92 Å². The Balaban J connectivity index is 1.69. The molecule has 1 aliphatic rings. The Morgan fingerprint density at radius 2 is 1.88 bits per heavy atom. The number of benzene rings is 1. The van der Waals surface area contributed by atoms with Crippen LogP contribution in [0.15, 0.2) is 36.9 Å². The van der Waals surface area contributed by atoms with E-state index in [-0.39, 0.29) is 11.8 Å². The quantitative estimate of drug-likeness (QED) is 0.791. The Kier molecular flexibility index (Phi) is 5.54. The standard InChI is InChI=1S/C18H26N4O2S/c1-15(17-8-10-18(11-9-17)22-14-19-13-20-22)21(2)25(23,24)12-16-6-4-3-5-7-16/h8-11,13-16H,3-7,12H2,1-2H3/t15-/m1/s1. The van der Waals surface area contributed by atoms with Crippen LogP contribution in [0.5, 0.6) is 0 Å². The normalized spacial score (nSPS) is 17.7. The van der Waals surface area contributed by atoms with Crippen molar-refractivity contribution in [1.29, 1.82) is 0 Å². The van der Waals surface area contributed by atoms with Gasteiger partial charge >= 0.3 is 0 Å². The van der Waals surface area contributed by atoms with Crippen LogP contribution in [0.4, 0.5) is 0 Å². The van der Waals surface area contributed by atoms with Crippen molar-refractivity contribution in [3.63, 3.8) is 0 Å². The highest BCUT2D eigenvalue weighted by Gasteiger charge is 2.28. The van der Waals surface area contributed by atoms with Crippen LogP contribution in [-0.4, -0.2) is 40.3 Å². The first kappa shape index (κ1) is 18.1. The number of aromatic nitrogens is 3. The fraction of sp³-hybridized carbons (Fsp3) is 0.556. The Hall–Kier alpha value is -1.73. The number of nitrogens with zero attached hydrogens (tertiary/aromatic N) is 4. The summed E-state index contributed by atoms with van der Waals surface area (Å²) in [5.74, 6) is 0.577. The first-order valence-electron chi connectivity index (χ1n) is 8.88. The molecule has 1 atom stereocenters. The molecular formula is C18H26N4O2S. The average Bonchev–Trinajstić information content (AvgIpc) is 3.16. The smallest absolute Gasteiger partial charge is 0.214 e. The third-order valence-electron chi connectivity index (χ3n) is 5.21. The molecule has 1 aliphatic carbocycles. The molecule has 0 spiro atoms. The molecule has 0 unspecified atom stereocenters. The first-order chi connectivity index (χ1) is 12.0. The van der Waals surface area contributed by atoms with E-state index in [1.807, 2.05) is 31.2 Å². The zero-order valence-corrected chi connectivity index (χ0v) is 15.7. The van der Waals surface area contributed by atoms with E-state index >= 15 is 0 Å². The van der Waals surface area contributed by atoms with Gasteiger partial charge in [-0.15, -0.1) is 0 Å². The van der Waals surface area contributed by atoms with Gasteiger partial charge in [0.05, 0.1) is 11.4 Å². The van der Waals surface area contributed by atoms with E-state index in [1.54, 1.807) is 18.1 Å². The van der Waals surface area contributed by atoms with E-state index in [9.17, 15) is 8.42 Å². The molecule has 1 aromatic carbocycles. The lowest BCUT2D eigenvalue weighted by Crippen LogP contribution is -2.34. The van der Waals surface area contributed by atoms with Gasteiger partial charge in [-0.1, -0.05) is 31.4 Å². The Labute approximate surface area is 149 Å². The van der Waals surface area contributed by atoms with Gasteiger partial charge < -0.3 is 0 Å². The molecule has 7 heteroatoms. The lowest BCUT2D eigenvalue weighted by molar-refractivity contribution is 0.360. The van der Waals surface area contributed by atoms with E-state index in [2.05, 4.69) is 10.1 Å². The SMILES string of the molecule is C[C@H](c1ccc(-n2cncn2)cc1)N(C)S(=O)(=O)CC1CCCCC1. The van der Waals surface area contributed by atoms with Crippen molar-refractivity contribution in [1.82, 2.24) is 19.1 Å². The molecule has 1 aromatic heterocycles. The van der Waals surface area contributed by atoms with Gasteiger partial charge in [0.1, 0.15) is 12.7 Å². The maximum atomic E-state index is 12.8. The van der Waals surface area contributed by atoms with E-state index in [1.165, 1.54) is 17.1 Å². The molecule has 2 aromatic rings. The third-order valence-corrected chi connectivity index (χ3v) is 7.30. The molecule has 6 nitrogen and oxygen atoms in total. The maximum absolute atomic E-state index is 12.8. The summed E-state index contributed by atoms with van der Waals surface area (Å²) in [6.07, 6.45) is 8.75. The molecule has 0 radical (unpaired) electrons. The average molecular weight is 362 g/mol. The Bertz CT molecular complexity index is 766. The van der Waals surface area contributed by atoms with Crippen molar-refractivity contribution in [3.05, 3.63) is 42.5 Å². The van der Waals surface area contributed by atoms with E-state index in [4.69, 9.17) is 0 Å². The number of sulfonamides is 1. The summed E-state index contributed by atoms with van der Waals surface area (Å²) in [5, 5.41) is 4.10. The minimum atomic E-state index is -3.25. The summed E-state index contributed by atoms with van der Waals surface area (Å²) in [5.41, 5.74) is 1.87. The second-order valence-electron chi connectivity index (χ2n) is 6.91. The molecule has 136 valence electrons. The van der Waals surface area contributed by atoms with Crippen molar-refractivity contribution in [3.8, 4) is 5.69 Å². The minimum absolute atomic E-state index is 0.196. The number of rotatable bonds is 6. The van der Waals surface area contributed by atoms with Crippen molar-refractivity contribution in [2.75, 3.05) is 12.8 Å². The largest absolute Gasteiger partial charge is 0.223 e. The predicted octanol–water partition coefficient (Wildman–Crippen LogP) is 3.17. The molecule has 1 saturated carbocycles. The summed E-state index contributed by atoms with van der Waals surface area (Å²) in [6.45, 7) is 1.93. The second kappa shape index (κ2) is 7.66. The number of hydrogen-bond acceptors (Lipinski definition) is 4. The van der Waals surface area contributed by atoms with Crippen LogP contribution in [0.3, 0.4) is 0 Å². The van der Waals surface area contributed by atoms with Gasteiger partial charge in [0.15, 0.2) is 0 Å². The zero-order chi connectivity index (χ0) is 17.9. The highest BCUT2D eigenvalue weighted by molar-refractivity contribution is 7.89. The lowest BCUT2D eigenvalue weighted by atomic mass is 9.91. The predicted molar refractivity (Wildman–Crippen MR) is 97.9 cm³/mol. The molecule has 1 heterocycles. The zero-order valence-electron chi connectivity index (χ0n) is 14.9. The van der Waals surface area contributed by atoms with Crippen LogP contribution in [0.25, 0.3) is 5.69 Å². The molecule has 0 aliphatic heterocycles.